The van der Waals surface area contributed by atoms with E-state index in [1.165, 1.54) is 19.3 Å². The van der Waals surface area contributed by atoms with Crippen molar-refractivity contribution in [3.05, 3.63) is 64.6 Å². The molecule has 5 rings (SSSR count). The summed E-state index contributed by atoms with van der Waals surface area (Å²) in [5.41, 5.74) is 4.34. The Morgan fingerprint density at radius 1 is 1.11 bits per heavy atom. The molecule has 1 aliphatic carbocycles. The van der Waals surface area contributed by atoms with Crippen LogP contribution in [0.5, 0.6) is 0 Å². The molecule has 0 saturated heterocycles. The molecule has 35 heavy (non-hydrogen) atoms. The SMILES string of the molecule is CCN1C(=O)C(C#N)=C(C)/C(=C/c2cc3c(nc(C4CCCCC4)n3C)n2-c2ccccc2)C1=O. The molecule has 3 aromatic rings. The van der Waals surface area contributed by atoms with Crippen LogP contribution in [0, 0.1) is 11.3 Å². The zero-order valence-electron chi connectivity index (χ0n) is 20.4. The van der Waals surface area contributed by atoms with Crippen LogP contribution in [0.3, 0.4) is 0 Å². The summed E-state index contributed by atoms with van der Waals surface area (Å²) in [6, 6.07) is 14.0. The van der Waals surface area contributed by atoms with Gasteiger partial charge in [0.05, 0.1) is 11.2 Å². The molecular weight excluding hydrogens is 438 g/mol. The highest BCUT2D eigenvalue weighted by Gasteiger charge is 2.35. The van der Waals surface area contributed by atoms with E-state index >= 15 is 0 Å². The van der Waals surface area contributed by atoms with Crippen molar-refractivity contribution >= 4 is 29.1 Å². The van der Waals surface area contributed by atoms with Gasteiger partial charge < -0.3 is 4.57 Å². The second kappa shape index (κ2) is 9.03. The molecule has 1 aliphatic heterocycles. The number of fused-ring (bicyclic) bond motifs is 1. The molecule has 178 valence electrons. The van der Waals surface area contributed by atoms with E-state index in [0.717, 1.165) is 46.1 Å². The molecule has 2 aromatic heterocycles. The first kappa shape index (κ1) is 22.9. The van der Waals surface area contributed by atoms with Crippen molar-refractivity contribution in [1.29, 1.82) is 5.26 Å². The van der Waals surface area contributed by atoms with Crippen LogP contribution in [-0.4, -0.2) is 37.4 Å². The molecule has 0 atom stereocenters. The molecule has 0 N–H and O–H groups in total. The van der Waals surface area contributed by atoms with Gasteiger partial charge in [0.15, 0.2) is 5.65 Å². The minimum Gasteiger partial charge on any atom is -0.329 e. The quantitative estimate of drug-likeness (QED) is 0.398. The monoisotopic (exact) mass is 467 g/mol. The normalized spacial score (nSPS) is 18.7. The van der Waals surface area contributed by atoms with Gasteiger partial charge in [-0.25, -0.2) is 4.98 Å². The lowest BCUT2D eigenvalue weighted by molar-refractivity contribution is -0.140. The van der Waals surface area contributed by atoms with Gasteiger partial charge in [-0.2, -0.15) is 5.26 Å². The van der Waals surface area contributed by atoms with Gasteiger partial charge in [-0.1, -0.05) is 37.5 Å². The summed E-state index contributed by atoms with van der Waals surface area (Å²) in [6.07, 6.45) is 7.87. The summed E-state index contributed by atoms with van der Waals surface area (Å²) in [5, 5.41) is 9.61. The zero-order valence-corrected chi connectivity index (χ0v) is 20.4. The third-order valence-electron chi connectivity index (χ3n) is 7.33. The number of benzene rings is 1. The van der Waals surface area contributed by atoms with E-state index in [0.29, 0.717) is 17.1 Å². The topological polar surface area (TPSA) is 83.9 Å². The predicted octanol–water partition coefficient (Wildman–Crippen LogP) is 5.02. The molecule has 2 aliphatic rings. The van der Waals surface area contributed by atoms with Crippen molar-refractivity contribution < 1.29 is 9.59 Å². The van der Waals surface area contributed by atoms with E-state index in [9.17, 15) is 14.9 Å². The lowest BCUT2D eigenvalue weighted by Gasteiger charge is -2.26. The van der Waals surface area contributed by atoms with Crippen molar-refractivity contribution in [2.75, 3.05) is 6.54 Å². The molecule has 1 fully saturated rings. The molecule has 2 amide bonds. The van der Waals surface area contributed by atoms with Crippen LogP contribution in [0.2, 0.25) is 0 Å². The number of nitrogens with zero attached hydrogens (tertiary/aromatic N) is 5. The number of hydrogen-bond donors (Lipinski definition) is 0. The van der Waals surface area contributed by atoms with E-state index in [1.54, 1.807) is 19.9 Å². The Balaban J connectivity index is 1.73. The number of para-hydroxylation sites is 1. The number of likely N-dealkylation sites (N-methyl/N-ethyl adjacent to an activating group) is 1. The highest BCUT2D eigenvalue weighted by Crippen LogP contribution is 2.36. The summed E-state index contributed by atoms with van der Waals surface area (Å²) < 4.78 is 4.24. The van der Waals surface area contributed by atoms with Crippen molar-refractivity contribution in [3.63, 3.8) is 0 Å². The Bertz CT molecular complexity index is 1430. The van der Waals surface area contributed by atoms with Gasteiger partial charge in [0, 0.05) is 30.8 Å². The molecule has 0 radical (unpaired) electrons. The molecule has 0 spiro atoms. The number of nitriles is 1. The van der Waals surface area contributed by atoms with Gasteiger partial charge in [-0.3, -0.25) is 19.1 Å². The van der Waals surface area contributed by atoms with E-state index in [-0.39, 0.29) is 18.0 Å². The minimum absolute atomic E-state index is 0.0118. The second-order valence-electron chi connectivity index (χ2n) is 9.34. The maximum absolute atomic E-state index is 13.2. The highest BCUT2D eigenvalue weighted by molar-refractivity contribution is 6.19. The van der Waals surface area contributed by atoms with E-state index in [1.807, 2.05) is 42.5 Å². The number of carbonyl (C=O) groups excluding carboxylic acids is 2. The van der Waals surface area contributed by atoms with E-state index < -0.39 is 5.91 Å². The molecule has 1 aromatic carbocycles. The third-order valence-corrected chi connectivity index (χ3v) is 7.33. The first-order chi connectivity index (χ1) is 17.0. The third kappa shape index (κ3) is 3.70. The summed E-state index contributed by atoms with van der Waals surface area (Å²) in [6.45, 7) is 3.62. The van der Waals surface area contributed by atoms with Gasteiger partial charge in [-0.05, 0) is 56.5 Å². The van der Waals surface area contributed by atoms with Crippen LogP contribution < -0.4 is 0 Å². The molecule has 0 bridgehead atoms. The van der Waals surface area contributed by atoms with Gasteiger partial charge in [-0.15, -0.1) is 0 Å². The molecule has 7 heteroatoms. The van der Waals surface area contributed by atoms with Crippen LogP contribution >= 0.6 is 0 Å². The molecular formula is C28H29N5O2. The number of aromatic nitrogens is 3. The number of imidazole rings is 1. The van der Waals surface area contributed by atoms with Crippen LogP contribution in [0.25, 0.3) is 22.9 Å². The number of aryl methyl sites for hydroxylation is 1. The molecule has 1 saturated carbocycles. The Kier molecular flexibility index (Phi) is 5.89. The van der Waals surface area contributed by atoms with Gasteiger partial charge in [0.25, 0.3) is 11.8 Å². The van der Waals surface area contributed by atoms with Crippen molar-refractivity contribution in [1.82, 2.24) is 19.0 Å². The number of imide groups is 1. The van der Waals surface area contributed by atoms with Crippen LogP contribution in [-0.2, 0) is 16.6 Å². The lowest BCUT2D eigenvalue weighted by Crippen LogP contribution is -2.42. The average molecular weight is 468 g/mol. The Morgan fingerprint density at radius 3 is 2.49 bits per heavy atom. The summed E-state index contributed by atoms with van der Waals surface area (Å²) >= 11 is 0. The fourth-order valence-corrected chi connectivity index (χ4v) is 5.41. The Hall–Kier alpha value is -3.92. The van der Waals surface area contributed by atoms with Gasteiger partial charge in [0.1, 0.15) is 17.5 Å². The predicted molar refractivity (Wildman–Crippen MR) is 135 cm³/mol. The van der Waals surface area contributed by atoms with E-state index in [2.05, 4.69) is 16.2 Å². The number of amides is 2. The first-order valence-electron chi connectivity index (χ1n) is 12.3. The summed E-state index contributed by atoms with van der Waals surface area (Å²) in [4.78, 5) is 32.1. The van der Waals surface area contributed by atoms with Crippen LogP contribution in [0.1, 0.15) is 63.4 Å². The van der Waals surface area contributed by atoms with Crippen LogP contribution in [0.4, 0.5) is 0 Å². The lowest BCUT2D eigenvalue weighted by atomic mass is 9.89. The minimum atomic E-state index is -0.531. The van der Waals surface area contributed by atoms with E-state index in [4.69, 9.17) is 4.98 Å². The summed E-state index contributed by atoms with van der Waals surface area (Å²) in [7, 11) is 2.06. The fourth-order valence-electron chi connectivity index (χ4n) is 5.41. The molecule has 0 unspecified atom stereocenters. The average Bonchev–Trinajstić information content (AvgIpc) is 3.39. The van der Waals surface area contributed by atoms with Gasteiger partial charge in [0.2, 0.25) is 0 Å². The summed E-state index contributed by atoms with van der Waals surface area (Å²) in [5.74, 6) is 0.657. The first-order valence-corrected chi connectivity index (χ1v) is 12.3. The maximum Gasteiger partial charge on any atom is 0.271 e. The fraction of sp³-hybridized carbons (Fsp3) is 0.357. The maximum atomic E-state index is 13.2. The second-order valence-corrected chi connectivity index (χ2v) is 9.34. The Morgan fingerprint density at radius 2 is 1.83 bits per heavy atom. The molecule has 7 nitrogen and oxygen atoms in total. The van der Waals surface area contributed by atoms with Crippen molar-refractivity contribution in [3.8, 4) is 11.8 Å². The smallest absolute Gasteiger partial charge is 0.271 e. The highest BCUT2D eigenvalue weighted by atomic mass is 16.2. The number of carbonyl (C=O) groups is 2. The van der Waals surface area contributed by atoms with Crippen LogP contribution in [0.15, 0.2) is 53.1 Å². The number of hydrogen-bond acceptors (Lipinski definition) is 4. The van der Waals surface area contributed by atoms with Crippen molar-refractivity contribution in [2.24, 2.45) is 7.05 Å². The standard InChI is InChI=1S/C28H29N5O2/c1-4-32-27(34)22(18(2)23(17-29)28(32)35)15-21-16-24-26(33(21)20-13-9-6-10-14-20)30-25(31(24)3)19-11-7-5-8-12-19/h6,9-10,13-16,19H,4-5,7-8,11-12H2,1-3H3/b22-15-. The zero-order chi connectivity index (χ0) is 24.7. The Labute approximate surface area is 205 Å². The number of rotatable bonds is 4. The molecule has 3 heterocycles. The van der Waals surface area contributed by atoms with Gasteiger partial charge >= 0.3 is 0 Å². The largest absolute Gasteiger partial charge is 0.329 e. The van der Waals surface area contributed by atoms with Crippen molar-refractivity contribution in [2.45, 2.75) is 51.9 Å².